The number of halogens is 4. The van der Waals surface area contributed by atoms with E-state index in [2.05, 4.69) is 10.1 Å². The summed E-state index contributed by atoms with van der Waals surface area (Å²) in [6.07, 6.45) is 1.38. The molecule has 3 aliphatic rings. The molecule has 2 atom stereocenters. The van der Waals surface area contributed by atoms with E-state index in [9.17, 15) is 22.4 Å². The van der Waals surface area contributed by atoms with Crippen molar-refractivity contribution in [2.45, 2.75) is 44.3 Å². The highest BCUT2D eigenvalue weighted by Gasteiger charge is 2.50. The Morgan fingerprint density at radius 3 is 2.67 bits per heavy atom. The van der Waals surface area contributed by atoms with Gasteiger partial charge >= 0.3 is 6.61 Å². The smallest absolute Gasteiger partial charge is 0.387 e. The maximum absolute atomic E-state index is 13.8. The topological polar surface area (TPSA) is 50.8 Å². The van der Waals surface area contributed by atoms with Crippen LogP contribution in [0.4, 0.5) is 17.6 Å². The molecule has 10 heteroatoms. The largest absolute Gasteiger partial charge is 0.434 e. The van der Waals surface area contributed by atoms with Crippen molar-refractivity contribution < 1.29 is 31.8 Å². The van der Waals surface area contributed by atoms with Crippen molar-refractivity contribution in [3.8, 4) is 5.75 Å². The predicted molar refractivity (Wildman–Crippen MR) is 104 cm³/mol. The van der Waals surface area contributed by atoms with Gasteiger partial charge in [-0.2, -0.15) is 8.78 Å². The number of nitrogens with one attached hydrogen (secondary N) is 1. The van der Waals surface area contributed by atoms with Gasteiger partial charge in [-0.1, -0.05) is 6.92 Å². The number of thioether (sulfide) groups is 1. The number of amides is 1. The van der Waals surface area contributed by atoms with Crippen molar-refractivity contribution in [1.82, 2.24) is 10.2 Å². The van der Waals surface area contributed by atoms with Crippen LogP contribution in [0.3, 0.4) is 0 Å². The number of hydrogen-bond donors (Lipinski definition) is 1. The number of carbonyl (C=O) groups is 1. The summed E-state index contributed by atoms with van der Waals surface area (Å²) >= 11 is 1.33. The van der Waals surface area contributed by atoms with Crippen LogP contribution in [0.5, 0.6) is 5.75 Å². The van der Waals surface area contributed by atoms with Crippen molar-refractivity contribution in [1.29, 1.82) is 0 Å². The number of hydrogen-bond acceptors (Lipinski definition) is 5. The average molecular weight is 446 g/mol. The van der Waals surface area contributed by atoms with E-state index in [1.807, 2.05) is 13.8 Å². The lowest BCUT2D eigenvalue weighted by atomic mass is 10.0. The lowest BCUT2D eigenvalue weighted by molar-refractivity contribution is -0.145. The van der Waals surface area contributed by atoms with Gasteiger partial charge in [0.15, 0.2) is 11.6 Å². The van der Waals surface area contributed by atoms with Crippen LogP contribution < -0.4 is 10.1 Å². The van der Waals surface area contributed by atoms with Crippen LogP contribution in [0.1, 0.15) is 32.3 Å². The number of alkyl halides is 2. The van der Waals surface area contributed by atoms with Gasteiger partial charge in [0.05, 0.1) is 18.8 Å². The number of benzene rings is 1. The molecule has 30 heavy (non-hydrogen) atoms. The quantitative estimate of drug-likeness (QED) is 0.695. The normalized spacial score (nSPS) is 27.6. The van der Waals surface area contributed by atoms with Gasteiger partial charge in [-0.15, -0.1) is 11.8 Å². The molecule has 1 saturated heterocycles. The number of rotatable bonds is 5. The molecule has 1 aromatic carbocycles. The van der Waals surface area contributed by atoms with E-state index < -0.39 is 28.9 Å². The molecule has 2 heterocycles. The van der Waals surface area contributed by atoms with Crippen molar-refractivity contribution >= 4 is 23.4 Å². The van der Waals surface area contributed by atoms with E-state index in [1.54, 1.807) is 10.3 Å². The monoisotopic (exact) mass is 446 g/mol. The summed E-state index contributed by atoms with van der Waals surface area (Å²) in [6, 6.07) is 1.43. The zero-order valence-electron chi connectivity index (χ0n) is 16.5. The average Bonchev–Trinajstić information content (AvgIpc) is 3.33. The molecule has 1 amide bonds. The lowest BCUT2D eigenvalue weighted by Gasteiger charge is -2.42. The van der Waals surface area contributed by atoms with Crippen LogP contribution in [0.2, 0.25) is 0 Å². The van der Waals surface area contributed by atoms with E-state index in [-0.39, 0.29) is 23.0 Å². The summed E-state index contributed by atoms with van der Waals surface area (Å²) in [4.78, 5) is 13.8. The van der Waals surface area contributed by atoms with E-state index in [0.29, 0.717) is 31.5 Å². The van der Waals surface area contributed by atoms with Gasteiger partial charge in [0.25, 0.3) is 0 Å². The highest BCUT2D eigenvalue weighted by atomic mass is 32.2. The minimum Gasteiger partial charge on any atom is -0.434 e. The fourth-order valence-corrected chi connectivity index (χ4v) is 4.69. The first-order chi connectivity index (χ1) is 14.1. The Hall–Kier alpha value is -1.94. The Kier molecular flexibility index (Phi) is 5.42. The first-order valence-electron chi connectivity index (χ1n) is 9.63. The van der Waals surface area contributed by atoms with E-state index in [4.69, 9.17) is 4.74 Å². The van der Waals surface area contributed by atoms with Crippen LogP contribution in [0.15, 0.2) is 17.5 Å². The molecule has 0 bridgehead atoms. The molecule has 5 nitrogen and oxygen atoms in total. The molecule has 1 aliphatic carbocycles. The van der Waals surface area contributed by atoms with Gasteiger partial charge in [0.2, 0.25) is 5.91 Å². The van der Waals surface area contributed by atoms with Crippen molar-refractivity contribution in [3.63, 3.8) is 0 Å². The molecular weight excluding hydrogens is 424 g/mol. The SMILES string of the molecule is CC1(C(=O)N2CCO[C@@H](C3(C)NC(c4cc(F)c(F)cc4OC(F)F)=CS3)C2)CC1. The molecule has 0 radical (unpaired) electrons. The van der Waals surface area contributed by atoms with Gasteiger partial charge < -0.3 is 19.7 Å². The van der Waals surface area contributed by atoms with Crippen LogP contribution >= 0.6 is 11.8 Å². The van der Waals surface area contributed by atoms with Gasteiger partial charge in [0.1, 0.15) is 16.7 Å². The summed E-state index contributed by atoms with van der Waals surface area (Å²) in [6.45, 7) is 1.90. The number of carbonyl (C=O) groups excluding carboxylic acids is 1. The Morgan fingerprint density at radius 2 is 2.00 bits per heavy atom. The predicted octanol–water partition coefficient (Wildman–Crippen LogP) is 3.94. The standard InChI is InChI=1S/C20H22F4N2O3S/c1-19(3-4-19)17(27)26-5-6-28-16(9-26)20(2)25-14(10-30-20)11-7-12(21)13(22)8-15(11)29-18(23)24/h7-8,10,16,18,25H,3-6,9H2,1-2H3/t16-,20?/m1/s1. The molecule has 1 saturated carbocycles. The van der Waals surface area contributed by atoms with Crippen LogP contribution in [0.25, 0.3) is 5.70 Å². The van der Waals surface area contributed by atoms with Gasteiger partial charge in [-0.3, -0.25) is 4.79 Å². The second-order valence-corrected chi connectivity index (χ2v) is 9.51. The van der Waals surface area contributed by atoms with Gasteiger partial charge in [-0.25, -0.2) is 8.78 Å². The van der Waals surface area contributed by atoms with Crippen molar-refractivity contribution in [2.75, 3.05) is 19.7 Å². The highest BCUT2D eigenvalue weighted by molar-refractivity contribution is 8.03. The number of nitrogens with zero attached hydrogens (tertiary/aromatic N) is 1. The first kappa shape index (κ1) is 21.3. The Bertz CT molecular complexity index is 893. The number of ether oxygens (including phenoxy) is 2. The summed E-state index contributed by atoms with van der Waals surface area (Å²) in [5.74, 6) is -2.79. The third-order valence-corrected chi connectivity index (χ3v) is 7.03. The molecule has 1 unspecified atom stereocenters. The molecule has 4 rings (SSSR count). The maximum Gasteiger partial charge on any atom is 0.387 e. The van der Waals surface area contributed by atoms with Gasteiger partial charge in [-0.05, 0) is 31.2 Å². The lowest BCUT2D eigenvalue weighted by Crippen LogP contribution is -2.57. The maximum atomic E-state index is 13.8. The first-order valence-corrected chi connectivity index (χ1v) is 10.5. The van der Waals surface area contributed by atoms with Crippen LogP contribution in [0, 0.1) is 17.0 Å². The second kappa shape index (κ2) is 7.64. The molecule has 0 aromatic heterocycles. The van der Waals surface area contributed by atoms with Crippen molar-refractivity contribution in [3.05, 3.63) is 34.7 Å². The third kappa shape index (κ3) is 3.99. The molecular formula is C20H22F4N2O3S. The zero-order chi connectivity index (χ0) is 21.7. The van der Waals surface area contributed by atoms with E-state index >= 15 is 0 Å². The minimum atomic E-state index is -3.18. The molecule has 2 aliphatic heterocycles. The highest BCUT2D eigenvalue weighted by Crippen LogP contribution is 2.47. The van der Waals surface area contributed by atoms with E-state index in [0.717, 1.165) is 18.9 Å². The van der Waals surface area contributed by atoms with Crippen molar-refractivity contribution in [2.24, 2.45) is 5.41 Å². The molecule has 164 valence electrons. The molecule has 1 aromatic rings. The Morgan fingerprint density at radius 1 is 1.30 bits per heavy atom. The summed E-state index contributed by atoms with van der Waals surface area (Å²) in [5, 5.41) is 4.81. The van der Waals surface area contributed by atoms with E-state index in [1.165, 1.54) is 11.8 Å². The fraction of sp³-hybridized carbons (Fsp3) is 0.550. The summed E-state index contributed by atoms with van der Waals surface area (Å²) in [7, 11) is 0. The number of morpholine rings is 1. The van der Waals surface area contributed by atoms with Gasteiger partial charge in [0, 0.05) is 23.6 Å². The minimum absolute atomic E-state index is 0.0142. The fourth-order valence-electron chi connectivity index (χ4n) is 3.68. The van der Waals surface area contributed by atoms with Crippen LogP contribution in [-0.4, -0.2) is 48.1 Å². The molecule has 0 spiro atoms. The second-order valence-electron chi connectivity index (χ2n) is 8.19. The Balaban J connectivity index is 1.52. The molecule has 1 N–H and O–H groups in total. The summed E-state index contributed by atoms with van der Waals surface area (Å²) in [5.41, 5.74) is 0.0215. The zero-order valence-corrected chi connectivity index (χ0v) is 17.3. The Labute approximate surface area is 175 Å². The molecule has 2 fully saturated rings. The van der Waals surface area contributed by atoms with Crippen LogP contribution in [-0.2, 0) is 9.53 Å². The summed E-state index contributed by atoms with van der Waals surface area (Å²) < 4.78 is 63.1. The third-order valence-electron chi connectivity index (χ3n) is 5.82.